The summed E-state index contributed by atoms with van der Waals surface area (Å²) in [4.78, 5) is 29.5. The summed E-state index contributed by atoms with van der Waals surface area (Å²) >= 11 is 0. The number of nitrogens with zero attached hydrogens (tertiary/aromatic N) is 2. The number of primary amides is 1. The van der Waals surface area contributed by atoms with Gasteiger partial charge in [0, 0.05) is 29.2 Å². The Morgan fingerprint density at radius 2 is 1.96 bits per heavy atom. The lowest BCUT2D eigenvalue weighted by Gasteiger charge is -2.03. The molecule has 0 radical (unpaired) electrons. The molecule has 2 aromatic carbocycles. The topological polar surface area (TPSA) is 103 Å². The van der Waals surface area contributed by atoms with Gasteiger partial charge in [0.2, 0.25) is 0 Å². The molecule has 3 N–H and O–H groups in total. The third kappa shape index (κ3) is 2.82. The Morgan fingerprint density at radius 3 is 2.65 bits per heavy atom. The lowest BCUT2D eigenvalue weighted by atomic mass is 10.2. The molecule has 2 aromatic heterocycles. The van der Waals surface area contributed by atoms with E-state index in [4.69, 9.17) is 10.5 Å². The smallest absolute Gasteiger partial charge is 0.408 e. The number of rotatable bonds is 4. The summed E-state index contributed by atoms with van der Waals surface area (Å²) in [6.45, 7) is 0. The van der Waals surface area contributed by atoms with Crippen molar-refractivity contribution in [3.8, 4) is 22.8 Å². The Labute approximate surface area is 148 Å². The molecule has 0 fully saturated rings. The molecule has 4 aromatic rings. The summed E-state index contributed by atoms with van der Waals surface area (Å²) in [6.07, 6.45) is 3.52. The van der Waals surface area contributed by atoms with E-state index in [1.165, 1.54) is 0 Å². The minimum absolute atomic E-state index is 0.308. The Morgan fingerprint density at radius 1 is 1.15 bits per heavy atom. The van der Waals surface area contributed by atoms with Crippen molar-refractivity contribution in [2.75, 3.05) is 0 Å². The summed E-state index contributed by atoms with van der Waals surface area (Å²) in [5.41, 5.74) is 8.79. The van der Waals surface area contributed by atoms with Gasteiger partial charge in [-0.3, -0.25) is 4.79 Å². The number of aromatic nitrogens is 3. The van der Waals surface area contributed by atoms with Gasteiger partial charge < -0.3 is 20.0 Å². The number of amides is 1. The summed E-state index contributed by atoms with van der Waals surface area (Å²) in [5.74, 6) is 0.955. The predicted octanol–water partition coefficient (Wildman–Crippen LogP) is 3.29. The van der Waals surface area contributed by atoms with E-state index in [1.807, 2.05) is 41.1 Å². The molecule has 0 spiro atoms. The summed E-state index contributed by atoms with van der Waals surface area (Å²) in [6, 6.07) is 14.7. The molecule has 7 nitrogen and oxygen atoms in total. The van der Waals surface area contributed by atoms with E-state index < -0.39 is 6.09 Å². The van der Waals surface area contributed by atoms with Crippen LogP contribution in [0.4, 0.5) is 4.79 Å². The first kappa shape index (κ1) is 15.6. The SMILES string of the molecule is NC(=O)Oc1cccc2[nH]c(-c3ccc(-n4ccc(C=O)c4)cc3)nc12. The fraction of sp³-hybridized carbons (Fsp3) is 0. The van der Waals surface area contributed by atoms with Crippen molar-refractivity contribution in [2.45, 2.75) is 0 Å². The van der Waals surface area contributed by atoms with Gasteiger partial charge in [-0.2, -0.15) is 0 Å². The molecule has 26 heavy (non-hydrogen) atoms. The minimum Gasteiger partial charge on any atom is -0.408 e. The van der Waals surface area contributed by atoms with E-state index in [2.05, 4.69) is 9.97 Å². The third-order valence-corrected chi connectivity index (χ3v) is 3.98. The second-order valence-corrected chi connectivity index (χ2v) is 5.68. The van der Waals surface area contributed by atoms with E-state index in [0.29, 0.717) is 22.7 Å². The van der Waals surface area contributed by atoms with Crippen LogP contribution in [0.5, 0.6) is 5.75 Å². The molecule has 7 heteroatoms. The number of para-hydroxylation sites is 1. The Balaban J connectivity index is 1.69. The number of nitrogens with two attached hydrogens (primary N) is 1. The maximum Gasteiger partial charge on any atom is 0.410 e. The Bertz CT molecular complexity index is 1110. The fourth-order valence-corrected chi connectivity index (χ4v) is 2.77. The highest BCUT2D eigenvalue weighted by atomic mass is 16.5. The first-order chi connectivity index (χ1) is 12.6. The van der Waals surface area contributed by atoms with Crippen LogP contribution in [-0.4, -0.2) is 26.9 Å². The number of carbonyl (C=O) groups excluding carboxylic acids is 2. The standard InChI is InChI=1S/C19H14N4O3/c20-19(25)26-16-3-1-2-15-17(16)22-18(21-15)13-4-6-14(7-5-13)23-9-8-12(10-23)11-24/h1-11H,(H2,20,25)(H,21,22). The zero-order valence-corrected chi connectivity index (χ0v) is 13.5. The molecule has 4 rings (SSSR count). The van der Waals surface area contributed by atoms with Crippen LogP contribution in [-0.2, 0) is 0 Å². The molecule has 0 bridgehead atoms. The normalized spacial score (nSPS) is 10.8. The van der Waals surface area contributed by atoms with Crippen molar-refractivity contribution in [3.63, 3.8) is 0 Å². The molecule has 1 amide bonds. The van der Waals surface area contributed by atoms with Crippen LogP contribution in [0.3, 0.4) is 0 Å². The number of nitrogens with one attached hydrogen (secondary N) is 1. The van der Waals surface area contributed by atoms with E-state index in [1.54, 1.807) is 24.4 Å². The highest BCUT2D eigenvalue weighted by Crippen LogP contribution is 2.27. The third-order valence-electron chi connectivity index (χ3n) is 3.98. The van der Waals surface area contributed by atoms with Crippen LogP contribution in [0.25, 0.3) is 28.1 Å². The van der Waals surface area contributed by atoms with Crippen LogP contribution in [0.15, 0.2) is 60.9 Å². The number of ether oxygens (including phenoxy) is 1. The van der Waals surface area contributed by atoms with Crippen LogP contribution in [0.1, 0.15) is 10.4 Å². The minimum atomic E-state index is -0.882. The van der Waals surface area contributed by atoms with Gasteiger partial charge in [0.15, 0.2) is 12.0 Å². The van der Waals surface area contributed by atoms with E-state index >= 15 is 0 Å². The monoisotopic (exact) mass is 346 g/mol. The van der Waals surface area contributed by atoms with Crippen molar-refractivity contribution in [1.29, 1.82) is 0 Å². The number of aldehydes is 1. The molecule has 2 heterocycles. The molecule has 0 unspecified atom stereocenters. The number of benzene rings is 2. The molecule has 0 atom stereocenters. The molecular weight excluding hydrogens is 332 g/mol. The zero-order chi connectivity index (χ0) is 18.1. The largest absolute Gasteiger partial charge is 0.410 e. The van der Waals surface area contributed by atoms with E-state index in [-0.39, 0.29) is 0 Å². The predicted molar refractivity (Wildman–Crippen MR) is 96.5 cm³/mol. The van der Waals surface area contributed by atoms with Crippen molar-refractivity contribution < 1.29 is 14.3 Å². The maximum atomic E-state index is 11.0. The number of fused-ring (bicyclic) bond motifs is 1. The number of imidazole rings is 1. The van der Waals surface area contributed by atoms with Gasteiger partial charge >= 0.3 is 6.09 Å². The van der Waals surface area contributed by atoms with Gasteiger partial charge in [0.1, 0.15) is 11.3 Å². The second kappa shape index (κ2) is 6.21. The number of carbonyl (C=O) groups is 2. The van der Waals surface area contributed by atoms with Crippen LogP contribution in [0, 0.1) is 0 Å². The average molecular weight is 346 g/mol. The zero-order valence-electron chi connectivity index (χ0n) is 13.5. The van der Waals surface area contributed by atoms with E-state index in [0.717, 1.165) is 23.1 Å². The molecule has 0 saturated carbocycles. The molecule has 0 saturated heterocycles. The number of hydrogen-bond donors (Lipinski definition) is 2. The van der Waals surface area contributed by atoms with Crippen molar-refractivity contribution in [1.82, 2.24) is 14.5 Å². The molecule has 0 aliphatic rings. The lowest BCUT2D eigenvalue weighted by molar-refractivity contribution is 0.112. The van der Waals surface area contributed by atoms with Crippen LogP contribution < -0.4 is 10.5 Å². The van der Waals surface area contributed by atoms with Crippen molar-refractivity contribution in [2.24, 2.45) is 5.73 Å². The fourth-order valence-electron chi connectivity index (χ4n) is 2.77. The second-order valence-electron chi connectivity index (χ2n) is 5.68. The molecule has 0 aliphatic carbocycles. The van der Waals surface area contributed by atoms with Crippen molar-refractivity contribution in [3.05, 3.63) is 66.5 Å². The molecule has 128 valence electrons. The highest BCUT2D eigenvalue weighted by molar-refractivity contribution is 5.87. The molecule has 0 aliphatic heterocycles. The van der Waals surface area contributed by atoms with Crippen molar-refractivity contribution >= 4 is 23.4 Å². The summed E-state index contributed by atoms with van der Waals surface area (Å²) in [5, 5.41) is 0. The van der Waals surface area contributed by atoms with Gasteiger partial charge in [-0.15, -0.1) is 0 Å². The lowest BCUT2D eigenvalue weighted by Crippen LogP contribution is -2.16. The first-order valence-corrected chi connectivity index (χ1v) is 7.84. The number of H-pyrrole nitrogens is 1. The van der Waals surface area contributed by atoms with Gasteiger partial charge in [0.25, 0.3) is 0 Å². The van der Waals surface area contributed by atoms with Gasteiger partial charge in [0.05, 0.1) is 5.52 Å². The average Bonchev–Trinajstić information content (AvgIpc) is 3.29. The number of hydrogen-bond acceptors (Lipinski definition) is 4. The maximum absolute atomic E-state index is 11.0. The highest BCUT2D eigenvalue weighted by Gasteiger charge is 2.11. The van der Waals surface area contributed by atoms with Crippen LogP contribution >= 0.6 is 0 Å². The Hall–Kier alpha value is -3.87. The molecular formula is C19H14N4O3. The summed E-state index contributed by atoms with van der Waals surface area (Å²) < 4.78 is 6.86. The van der Waals surface area contributed by atoms with Crippen LogP contribution in [0.2, 0.25) is 0 Å². The summed E-state index contributed by atoms with van der Waals surface area (Å²) in [7, 11) is 0. The van der Waals surface area contributed by atoms with E-state index in [9.17, 15) is 9.59 Å². The van der Waals surface area contributed by atoms with Gasteiger partial charge in [-0.1, -0.05) is 6.07 Å². The number of aromatic amines is 1. The quantitative estimate of drug-likeness (QED) is 0.553. The van der Waals surface area contributed by atoms with Gasteiger partial charge in [-0.25, -0.2) is 9.78 Å². The van der Waals surface area contributed by atoms with Gasteiger partial charge in [-0.05, 0) is 42.5 Å². The Kier molecular flexibility index (Phi) is 3.74. The first-order valence-electron chi connectivity index (χ1n) is 7.84.